The van der Waals surface area contributed by atoms with Crippen molar-refractivity contribution in [2.45, 2.75) is 51.2 Å². The molecule has 1 unspecified atom stereocenters. The third kappa shape index (κ3) is 5.39. The van der Waals surface area contributed by atoms with E-state index in [9.17, 15) is 0 Å². The summed E-state index contributed by atoms with van der Waals surface area (Å²) in [6, 6.07) is 14.4. The summed E-state index contributed by atoms with van der Waals surface area (Å²) in [5.74, 6) is 0.792. The van der Waals surface area contributed by atoms with Crippen LogP contribution in [0.2, 0.25) is 0 Å². The summed E-state index contributed by atoms with van der Waals surface area (Å²) in [6.07, 6.45) is 8.97. The molecule has 3 heterocycles. The lowest BCUT2D eigenvalue weighted by atomic mass is 9.88. The molecule has 1 aromatic carbocycles. The molecule has 2 aliphatic heterocycles. The van der Waals surface area contributed by atoms with Crippen LogP contribution >= 0.6 is 0 Å². The molecule has 1 aromatic heterocycles. The van der Waals surface area contributed by atoms with Crippen LogP contribution in [0, 0.1) is 5.92 Å². The molecule has 2 aromatic rings. The first kappa shape index (κ1) is 21.3. The Labute approximate surface area is 181 Å². The summed E-state index contributed by atoms with van der Waals surface area (Å²) in [7, 11) is 2.10. The fourth-order valence-electron chi connectivity index (χ4n) is 4.96. The third-order valence-electron chi connectivity index (χ3n) is 7.11. The number of piperidine rings is 2. The van der Waals surface area contributed by atoms with E-state index in [2.05, 4.69) is 63.7 Å². The molecule has 0 aliphatic carbocycles. The van der Waals surface area contributed by atoms with Gasteiger partial charge in [0, 0.05) is 49.4 Å². The minimum absolute atomic E-state index is 0.569. The maximum Gasteiger partial charge on any atom is 0.0438 e. The van der Waals surface area contributed by atoms with E-state index in [0.717, 1.165) is 24.2 Å². The Bertz CT molecular complexity index is 749. The van der Waals surface area contributed by atoms with Gasteiger partial charge < -0.3 is 20.4 Å². The van der Waals surface area contributed by atoms with Crippen LogP contribution in [0.5, 0.6) is 0 Å². The number of rotatable bonds is 7. The number of anilines is 2. The number of nitrogens with one attached hydrogen (secondary N) is 2. The summed E-state index contributed by atoms with van der Waals surface area (Å²) in [5, 5.41) is 7.28. The van der Waals surface area contributed by atoms with E-state index in [1.165, 1.54) is 63.1 Å². The molecule has 0 bridgehead atoms. The van der Waals surface area contributed by atoms with Gasteiger partial charge >= 0.3 is 0 Å². The van der Waals surface area contributed by atoms with Crippen molar-refractivity contribution in [1.29, 1.82) is 0 Å². The highest BCUT2D eigenvalue weighted by Crippen LogP contribution is 2.25. The highest BCUT2D eigenvalue weighted by atomic mass is 15.2. The monoisotopic (exact) mass is 407 g/mol. The molecule has 0 amide bonds. The second kappa shape index (κ2) is 10.4. The average Bonchev–Trinajstić information content (AvgIpc) is 2.83. The second-order valence-electron chi connectivity index (χ2n) is 8.96. The molecule has 0 spiro atoms. The van der Waals surface area contributed by atoms with Crippen LogP contribution in [0.1, 0.15) is 38.2 Å². The SMILES string of the molecule is CC(NCc1ccc(N(C)c2ccncc2)cc1)C1CCN(C2CCNCC2)CC1. The first-order chi connectivity index (χ1) is 14.7. The van der Waals surface area contributed by atoms with Crippen molar-refractivity contribution in [3.8, 4) is 0 Å². The number of pyridine rings is 1. The highest BCUT2D eigenvalue weighted by molar-refractivity contribution is 5.61. The normalized spacial score (nSPS) is 20.2. The fraction of sp³-hybridized carbons (Fsp3) is 0.560. The lowest BCUT2D eigenvalue weighted by molar-refractivity contribution is 0.100. The quantitative estimate of drug-likeness (QED) is 0.731. The zero-order chi connectivity index (χ0) is 20.8. The van der Waals surface area contributed by atoms with Crippen LogP contribution in [0.4, 0.5) is 11.4 Å². The van der Waals surface area contributed by atoms with Crippen molar-refractivity contribution >= 4 is 11.4 Å². The zero-order valence-electron chi connectivity index (χ0n) is 18.6. The van der Waals surface area contributed by atoms with E-state index in [-0.39, 0.29) is 0 Å². The molecule has 2 aliphatic rings. The molecule has 0 saturated carbocycles. The fourth-order valence-corrected chi connectivity index (χ4v) is 4.96. The Balaban J connectivity index is 1.23. The number of hydrogen-bond acceptors (Lipinski definition) is 5. The Hall–Kier alpha value is -1.95. The van der Waals surface area contributed by atoms with Gasteiger partial charge in [-0.2, -0.15) is 0 Å². The van der Waals surface area contributed by atoms with Gasteiger partial charge in [-0.15, -0.1) is 0 Å². The standard InChI is InChI=1S/C25H37N5/c1-20(22-11-17-30(18-12-22)25-9-15-27-16-10-25)28-19-21-3-5-23(6-4-21)29(2)24-7-13-26-14-8-24/h3-8,13-14,20,22,25,27-28H,9-12,15-19H2,1-2H3. The van der Waals surface area contributed by atoms with Crippen LogP contribution in [0.3, 0.4) is 0 Å². The Morgan fingerprint density at radius 3 is 2.30 bits per heavy atom. The molecule has 5 nitrogen and oxygen atoms in total. The van der Waals surface area contributed by atoms with Crippen molar-refractivity contribution in [3.05, 3.63) is 54.4 Å². The Morgan fingerprint density at radius 1 is 1.00 bits per heavy atom. The molecule has 0 radical (unpaired) electrons. The summed E-state index contributed by atoms with van der Waals surface area (Å²) in [6.45, 7) is 8.25. The van der Waals surface area contributed by atoms with Crippen molar-refractivity contribution in [1.82, 2.24) is 20.5 Å². The van der Waals surface area contributed by atoms with E-state index in [1.807, 2.05) is 24.5 Å². The van der Waals surface area contributed by atoms with Crippen molar-refractivity contribution in [3.63, 3.8) is 0 Å². The molecule has 2 N–H and O–H groups in total. The topological polar surface area (TPSA) is 43.4 Å². The van der Waals surface area contributed by atoms with E-state index in [1.54, 1.807) is 0 Å². The highest BCUT2D eigenvalue weighted by Gasteiger charge is 2.28. The molecule has 1 atom stereocenters. The van der Waals surface area contributed by atoms with Gasteiger partial charge in [-0.05, 0) is 94.5 Å². The van der Waals surface area contributed by atoms with E-state index < -0.39 is 0 Å². The average molecular weight is 408 g/mol. The Kier molecular flexibility index (Phi) is 7.37. The van der Waals surface area contributed by atoms with Gasteiger partial charge in [0.25, 0.3) is 0 Å². The predicted octanol–water partition coefficient (Wildman–Crippen LogP) is 3.79. The van der Waals surface area contributed by atoms with Crippen LogP contribution < -0.4 is 15.5 Å². The number of benzene rings is 1. The molecule has 5 heteroatoms. The number of hydrogen-bond donors (Lipinski definition) is 2. The number of nitrogens with zero attached hydrogens (tertiary/aromatic N) is 3. The van der Waals surface area contributed by atoms with Crippen LogP contribution in [0.25, 0.3) is 0 Å². The lowest BCUT2D eigenvalue weighted by Crippen LogP contribution is -2.48. The second-order valence-corrected chi connectivity index (χ2v) is 8.96. The number of aromatic nitrogens is 1. The maximum atomic E-state index is 4.10. The van der Waals surface area contributed by atoms with Gasteiger partial charge in [-0.25, -0.2) is 0 Å². The Morgan fingerprint density at radius 2 is 1.63 bits per heavy atom. The number of likely N-dealkylation sites (tertiary alicyclic amines) is 1. The molecular formula is C25H37N5. The molecule has 2 saturated heterocycles. The summed E-state index contributed by atoms with van der Waals surface area (Å²) < 4.78 is 0. The zero-order valence-corrected chi connectivity index (χ0v) is 18.6. The van der Waals surface area contributed by atoms with Crippen LogP contribution in [-0.2, 0) is 6.54 Å². The maximum absolute atomic E-state index is 4.10. The predicted molar refractivity (Wildman–Crippen MR) is 125 cm³/mol. The van der Waals surface area contributed by atoms with Crippen molar-refractivity contribution in [2.24, 2.45) is 5.92 Å². The van der Waals surface area contributed by atoms with Crippen molar-refractivity contribution in [2.75, 3.05) is 38.1 Å². The smallest absolute Gasteiger partial charge is 0.0438 e. The van der Waals surface area contributed by atoms with Gasteiger partial charge in [-0.3, -0.25) is 4.98 Å². The minimum Gasteiger partial charge on any atom is -0.345 e. The van der Waals surface area contributed by atoms with E-state index in [4.69, 9.17) is 0 Å². The van der Waals surface area contributed by atoms with Gasteiger partial charge in [-0.1, -0.05) is 12.1 Å². The van der Waals surface area contributed by atoms with Crippen molar-refractivity contribution < 1.29 is 0 Å². The molecule has 30 heavy (non-hydrogen) atoms. The van der Waals surface area contributed by atoms with Crippen LogP contribution in [-0.4, -0.2) is 55.2 Å². The summed E-state index contributed by atoms with van der Waals surface area (Å²) in [4.78, 5) is 9.05. The summed E-state index contributed by atoms with van der Waals surface area (Å²) in [5.41, 5.74) is 3.70. The lowest BCUT2D eigenvalue weighted by Gasteiger charge is -2.41. The first-order valence-corrected chi connectivity index (χ1v) is 11.6. The molecule has 4 rings (SSSR count). The van der Waals surface area contributed by atoms with Crippen LogP contribution in [0.15, 0.2) is 48.8 Å². The molecule has 162 valence electrons. The molecular weight excluding hydrogens is 370 g/mol. The van der Waals surface area contributed by atoms with E-state index >= 15 is 0 Å². The van der Waals surface area contributed by atoms with Gasteiger partial charge in [0.05, 0.1) is 0 Å². The third-order valence-corrected chi connectivity index (χ3v) is 7.11. The largest absolute Gasteiger partial charge is 0.345 e. The van der Waals surface area contributed by atoms with E-state index in [0.29, 0.717) is 6.04 Å². The van der Waals surface area contributed by atoms with Gasteiger partial charge in [0.1, 0.15) is 0 Å². The summed E-state index contributed by atoms with van der Waals surface area (Å²) >= 11 is 0. The van der Waals surface area contributed by atoms with Gasteiger partial charge in [0.2, 0.25) is 0 Å². The molecule has 2 fully saturated rings. The first-order valence-electron chi connectivity index (χ1n) is 11.6. The minimum atomic E-state index is 0.569. The van der Waals surface area contributed by atoms with Gasteiger partial charge in [0.15, 0.2) is 0 Å².